The van der Waals surface area contributed by atoms with Crippen LogP contribution in [0.2, 0.25) is 10.0 Å². The summed E-state index contributed by atoms with van der Waals surface area (Å²) in [5.74, 6) is -0.189. The van der Waals surface area contributed by atoms with Crippen LogP contribution in [0.4, 0.5) is 30.6 Å². The Labute approximate surface area is 147 Å². The highest BCUT2D eigenvalue weighted by Crippen LogP contribution is 2.34. The minimum absolute atomic E-state index is 0.0479. The number of nitrogens with one attached hydrogen (secondary N) is 2. The zero-order chi connectivity index (χ0) is 18.1. The van der Waals surface area contributed by atoms with Crippen LogP contribution in [0.3, 0.4) is 0 Å². The van der Waals surface area contributed by atoms with Gasteiger partial charge in [-0.3, -0.25) is 0 Å². The van der Waals surface area contributed by atoms with Gasteiger partial charge < -0.3 is 10.6 Å². The van der Waals surface area contributed by atoms with E-state index in [9.17, 15) is 13.2 Å². The summed E-state index contributed by atoms with van der Waals surface area (Å²) in [6.07, 6.45) is -4.61. The fourth-order valence-electron chi connectivity index (χ4n) is 1.79. The second-order valence-corrected chi connectivity index (χ2v) is 6.85. The fourth-order valence-corrected chi connectivity index (χ4v) is 2.13. The average molecular weight is 379 g/mol. The molecule has 130 valence electrons. The smallest absolute Gasteiger partial charge is 0.350 e. The lowest BCUT2D eigenvalue weighted by Crippen LogP contribution is -2.28. The number of alkyl halides is 3. The van der Waals surface area contributed by atoms with Crippen molar-refractivity contribution in [2.75, 3.05) is 10.6 Å². The molecule has 0 bridgehead atoms. The molecule has 24 heavy (non-hydrogen) atoms. The molecule has 0 unspecified atom stereocenters. The van der Waals surface area contributed by atoms with Gasteiger partial charge in [0, 0.05) is 11.6 Å². The van der Waals surface area contributed by atoms with Crippen LogP contribution in [0.25, 0.3) is 0 Å². The maximum absolute atomic E-state index is 13.1. The molecule has 0 fully saturated rings. The first-order valence-electron chi connectivity index (χ1n) is 6.91. The van der Waals surface area contributed by atoms with Gasteiger partial charge in [0.05, 0.1) is 15.7 Å². The number of rotatable bonds is 3. The summed E-state index contributed by atoms with van der Waals surface area (Å²) in [4.78, 5) is 7.59. The van der Waals surface area contributed by atoms with E-state index in [0.717, 1.165) is 6.07 Å². The zero-order valence-corrected chi connectivity index (χ0v) is 14.6. The number of hydrogen-bond donors (Lipinski definition) is 2. The van der Waals surface area contributed by atoms with E-state index in [0.29, 0.717) is 5.69 Å². The Morgan fingerprint density at radius 3 is 2.29 bits per heavy atom. The first kappa shape index (κ1) is 18.6. The summed E-state index contributed by atoms with van der Waals surface area (Å²) in [5.41, 5.74) is -1.22. The Morgan fingerprint density at radius 1 is 1.04 bits per heavy atom. The van der Waals surface area contributed by atoms with Crippen molar-refractivity contribution >= 4 is 40.7 Å². The quantitative estimate of drug-likeness (QED) is 0.712. The summed E-state index contributed by atoms with van der Waals surface area (Å²) < 4.78 is 39.2. The molecule has 2 aromatic rings. The van der Waals surface area contributed by atoms with Gasteiger partial charge >= 0.3 is 6.18 Å². The topological polar surface area (TPSA) is 49.8 Å². The molecule has 0 atom stereocenters. The largest absolute Gasteiger partial charge is 0.433 e. The van der Waals surface area contributed by atoms with Gasteiger partial charge in [-0.1, -0.05) is 29.3 Å². The normalized spacial score (nSPS) is 12.2. The van der Waals surface area contributed by atoms with Crippen molar-refractivity contribution in [2.24, 2.45) is 0 Å². The summed E-state index contributed by atoms with van der Waals surface area (Å²) in [7, 11) is 0. The van der Waals surface area contributed by atoms with Gasteiger partial charge in [-0.15, -0.1) is 0 Å². The van der Waals surface area contributed by atoms with Crippen molar-refractivity contribution in [3.8, 4) is 0 Å². The highest BCUT2D eigenvalue weighted by atomic mass is 35.5. The van der Waals surface area contributed by atoms with Crippen LogP contribution in [-0.2, 0) is 6.18 Å². The predicted molar refractivity (Wildman–Crippen MR) is 90.2 cm³/mol. The van der Waals surface area contributed by atoms with Gasteiger partial charge in [0.1, 0.15) is 5.82 Å². The van der Waals surface area contributed by atoms with Gasteiger partial charge in [0.2, 0.25) is 5.95 Å². The van der Waals surface area contributed by atoms with Gasteiger partial charge in [-0.25, -0.2) is 4.98 Å². The van der Waals surface area contributed by atoms with Crippen LogP contribution >= 0.6 is 23.2 Å². The average Bonchev–Trinajstić information content (AvgIpc) is 2.41. The Morgan fingerprint density at radius 2 is 1.71 bits per heavy atom. The Balaban J connectivity index is 2.45. The van der Waals surface area contributed by atoms with Gasteiger partial charge in [-0.2, -0.15) is 18.2 Å². The molecule has 0 radical (unpaired) electrons. The second kappa shape index (κ2) is 6.64. The molecule has 0 amide bonds. The zero-order valence-electron chi connectivity index (χ0n) is 13.1. The van der Waals surface area contributed by atoms with E-state index in [1.807, 2.05) is 0 Å². The van der Waals surface area contributed by atoms with Crippen molar-refractivity contribution in [3.05, 3.63) is 40.0 Å². The van der Waals surface area contributed by atoms with Gasteiger partial charge in [0.15, 0.2) is 5.69 Å². The van der Waals surface area contributed by atoms with Crippen molar-refractivity contribution in [3.63, 3.8) is 0 Å². The second-order valence-electron chi connectivity index (χ2n) is 6.06. The van der Waals surface area contributed by atoms with Crippen molar-refractivity contribution in [1.29, 1.82) is 0 Å². The fraction of sp³-hybridized carbons (Fsp3) is 0.333. The number of aromatic nitrogens is 2. The van der Waals surface area contributed by atoms with E-state index < -0.39 is 17.4 Å². The lowest BCUT2D eigenvalue weighted by molar-refractivity contribution is -0.141. The first-order chi connectivity index (χ1) is 11.0. The monoisotopic (exact) mass is 378 g/mol. The third-order valence-electron chi connectivity index (χ3n) is 2.72. The van der Waals surface area contributed by atoms with E-state index in [1.165, 1.54) is 0 Å². The minimum Gasteiger partial charge on any atom is -0.350 e. The van der Waals surface area contributed by atoms with E-state index in [2.05, 4.69) is 20.6 Å². The summed E-state index contributed by atoms with van der Waals surface area (Å²) >= 11 is 11.9. The maximum Gasteiger partial charge on any atom is 0.433 e. The van der Waals surface area contributed by atoms with Crippen LogP contribution in [0.5, 0.6) is 0 Å². The van der Waals surface area contributed by atoms with Crippen molar-refractivity contribution in [2.45, 2.75) is 32.5 Å². The highest BCUT2D eigenvalue weighted by molar-refractivity contribution is 6.43. The molecule has 1 aromatic heterocycles. The summed E-state index contributed by atoms with van der Waals surface area (Å²) in [6.45, 7) is 5.37. The number of halogens is 5. The summed E-state index contributed by atoms with van der Waals surface area (Å²) in [5, 5.41) is 6.04. The number of benzene rings is 1. The molecule has 1 aromatic carbocycles. The van der Waals surface area contributed by atoms with E-state index >= 15 is 0 Å². The molecular formula is C15H15Cl2F3N4. The number of hydrogen-bond acceptors (Lipinski definition) is 4. The Kier molecular flexibility index (Phi) is 5.15. The Bertz CT molecular complexity index is 742. The maximum atomic E-state index is 13.1. The first-order valence-corrected chi connectivity index (χ1v) is 7.67. The molecule has 0 spiro atoms. The van der Waals surface area contributed by atoms with Crippen LogP contribution < -0.4 is 10.6 Å². The predicted octanol–water partition coefficient (Wildman–Crippen LogP) is 5.76. The molecule has 0 aliphatic carbocycles. The lowest BCUT2D eigenvalue weighted by Gasteiger charge is -2.21. The van der Waals surface area contributed by atoms with E-state index in [1.54, 1.807) is 39.0 Å². The molecule has 0 aliphatic heterocycles. The molecule has 0 aliphatic rings. The molecule has 0 saturated carbocycles. The molecule has 2 N–H and O–H groups in total. The molecule has 0 saturated heterocycles. The molecule has 4 nitrogen and oxygen atoms in total. The van der Waals surface area contributed by atoms with Crippen LogP contribution in [0, 0.1) is 0 Å². The van der Waals surface area contributed by atoms with Crippen LogP contribution in [-0.4, -0.2) is 15.5 Å². The van der Waals surface area contributed by atoms with Gasteiger partial charge in [0.25, 0.3) is 0 Å². The standard InChI is InChI=1S/C15H15Cl2F3N4/c1-14(2,3)24-13-22-10(15(18,19)20)7-11(23-13)21-9-6-4-5-8(16)12(9)17/h4-7H,1-3H3,(H2,21,22,23,24). The highest BCUT2D eigenvalue weighted by Gasteiger charge is 2.34. The van der Waals surface area contributed by atoms with Crippen molar-refractivity contribution in [1.82, 2.24) is 9.97 Å². The molecular weight excluding hydrogens is 364 g/mol. The van der Waals surface area contributed by atoms with Gasteiger partial charge in [-0.05, 0) is 32.9 Å². The summed E-state index contributed by atoms with van der Waals surface area (Å²) in [6, 6.07) is 5.59. The molecule has 1 heterocycles. The number of anilines is 3. The van der Waals surface area contributed by atoms with E-state index in [4.69, 9.17) is 23.2 Å². The lowest BCUT2D eigenvalue weighted by atomic mass is 10.1. The van der Waals surface area contributed by atoms with Crippen LogP contribution in [0.1, 0.15) is 26.5 Å². The SMILES string of the molecule is CC(C)(C)Nc1nc(Nc2cccc(Cl)c2Cl)cc(C(F)(F)F)n1. The molecule has 9 heteroatoms. The van der Waals surface area contributed by atoms with Crippen LogP contribution in [0.15, 0.2) is 24.3 Å². The van der Waals surface area contributed by atoms with E-state index in [-0.39, 0.29) is 21.8 Å². The number of nitrogens with zero attached hydrogens (tertiary/aromatic N) is 2. The van der Waals surface area contributed by atoms with Crippen molar-refractivity contribution < 1.29 is 13.2 Å². The minimum atomic E-state index is -4.61. The Hall–Kier alpha value is -1.73. The third kappa shape index (κ3) is 4.88. The third-order valence-corrected chi connectivity index (χ3v) is 3.54. The molecule has 2 rings (SSSR count).